The number of nitrogens with two attached hydrogens (primary N) is 1. The molecule has 1 aliphatic rings. The molecule has 0 saturated carbocycles. The van der Waals surface area contributed by atoms with Gasteiger partial charge >= 0.3 is 0 Å². The molecule has 102 valence electrons. The maximum Gasteiger partial charge on any atom is 0.0513 e. The zero-order valence-corrected chi connectivity index (χ0v) is 12.6. The van der Waals surface area contributed by atoms with E-state index in [0.29, 0.717) is 18.5 Å². The summed E-state index contributed by atoms with van der Waals surface area (Å²) >= 11 is 1.92. The van der Waals surface area contributed by atoms with Crippen LogP contribution in [-0.2, 0) is 4.74 Å². The number of likely N-dealkylation sites (N-methyl/N-ethyl adjacent to an activating group) is 1. The minimum atomic E-state index is 0.0763. The lowest BCUT2D eigenvalue weighted by Gasteiger charge is -2.46. The van der Waals surface area contributed by atoms with Crippen LogP contribution in [0.4, 0.5) is 0 Å². The first-order valence-corrected chi connectivity index (χ1v) is 7.99. The first kappa shape index (κ1) is 15.3. The monoisotopic (exact) mass is 260 g/mol. The van der Waals surface area contributed by atoms with Crippen molar-refractivity contribution in [1.82, 2.24) is 4.90 Å². The first-order chi connectivity index (χ1) is 8.10. The lowest BCUT2D eigenvalue weighted by molar-refractivity contribution is 0.0390. The maximum absolute atomic E-state index is 6.07. The van der Waals surface area contributed by atoms with Crippen LogP contribution < -0.4 is 5.73 Å². The van der Waals surface area contributed by atoms with Gasteiger partial charge in [-0.2, -0.15) is 11.8 Å². The van der Waals surface area contributed by atoms with Crippen LogP contribution in [0.15, 0.2) is 0 Å². The third-order valence-corrected chi connectivity index (χ3v) is 5.12. The normalized spacial score (nSPS) is 26.1. The number of rotatable bonds is 7. The molecule has 0 spiro atoms. The highest BCUT2D eigenvalue weighted by molar-refractivity contribution is 7.98. The van der Waals surface area contributed by atoms with Gasteiger partial charge in [-0.15, -0.1) is 0 Å². The van der Waals surface area contributed by atoms with Crippen molar-refractivity contribution in [2.24, 2.45) is 11.7 Å². The predicted octanol–water partition coefficient (Wildman–Crippen LogP) is 1.81. The summed E-state index contributed by atoms with van der Waals surface area (Å²) in [4.78, 5) is 2.50. The molecule has 0 aliphatic carbocycles. The molecule has 1 fully saturated rings. The van der Waals surface area contributed by atoms with E-state index in [9.17, 15) is 0 Å². The molecule has 1 heterocycles. The Bertz CT molecular complexity index is 221. The van der Waals surface area contributed by atoms with E-state index in [0.717, 1.165) is 19.6 Å². The summed E-state index contributed by atoms with van der Waals surface area (Å²) in [5, 5.41) is 0. The molecule has 0 bridgehead atoms. The topological polar surface area (TPSA) is 38.5 Å². The summed E-state index contributed by atoms with van der Waals surface area (Å²) in [5.74, 6) is 1.75. The molecule has 0 aromatic heterocycles. The lowest BCUT2D eigenvalue weighted by atomic mass is 9.82. The highest BCUT2D eigenvalue weighted by atomic mass is 32.2. The van der Waals surface area contributed by atoms with Gasteiger partial charge in [0.2, 0.25) is 0 Å². The summed E-state index contributed by atoms with van der Waals surface area (Å²) in [6.07, 6.45) is 4.50. The van der Waals surface area contributed by atoms with Gasteiger partial charge in [-0.1, -0.05) is 6.92 Å². The van der Waals surface area contributed by atoms with Crippen LogP contribution in [0.2, 0.25) is 0 Å². The van der Waals surface area contributed by atoms with Crippen LogP contribution in [0, 0.1) is 5.92 Å². The molecule has 0 amide bonds. The van der Waals surface area contributed by atoms with Gasteiger partial charge in [0.15, 0.2) is 0 Å². The van der Waals surface area contributed by atoms with Gasteiger partial charge in [0.1, 0.15) is 0 Å². The molecular weight excluding hydrogens is 232 g/mol. The quantitative estimate of drug-likeness (QED) is 0.758. The SMILES string of the molecule is CCC(CSC)N(C)C(C)(CN)C1CCOC1. The third kappa shape index (κ3) is 3.37. The Balaban J connectivity index is 2.75. The standard InChI is InChI=1S/C13H28N2OS/c1-5-12(9-17-4)15(3)13(2,10-14)11-6-7-16-8-11/h11-12H,5-10,14H2,1-4H3. The molecule has 0 aromatic rings. The summed E-state index contributed by atoms with van der Waals surface area (Å²) in [7, 11) is 2.23. The Kier molecular flexibility index (Phi) is 6.27. The summed E-state index contributed by atoms with van der Waals surface area (Å²) in [6.45, 7) is 7.04. The van der Waals surface area contributed by atoms with Crippen LogP contribution in [-0.4, -0.2) is 55.3 Å². The van der Waals surface area contributed by atoms with Crippen molar-refractivity contribution in [3.05, 3.63) is 0 Å². The average Bonchev–Trinajstić information content (AvgIpc) is 2.88. The lowest BCUT2D eigenvalue weighted by Crippen LogP contribution is -2.59. The van der Waals surface area contributed by atoms with Crippen molar-refractivity contribution >= 4 is 11.8 Å². The van der Waals surface area contributed by atoms with Crippen LogP contribution >= 0.6 is 11.8 Å². The predicted molar refractivity (Wildman–Crippen MR) is 76.6 cm³/mol. The van der Waals surface area contributed by atoms with Gasteiger partial charge in [0.05, 0.1) is 6.61 Å². The summed E-state index contributed by atoms with van der Waals surface area (Å²) in [5.41, 5.74) is 6.15. The number of ether oxygens (including phenoxy) is 1. The van der Waals surface area contributed by atoms with E-state index >= 15 is 0 Å². The fraction of sp³-hybridized carbons (Fsp3) is 1.00. The Labute approximate surface area is 110 Å². The molecule has 3 nitrogen and oxygen atoms in total. The minimum absolute atomic E-state index is 0.0763. The second-order valence-electron chi connectivity index (χ2n) is 5.25. The number of hydrogen-bond donors (Lipinski definition) is 1. The molecule has 3 unspecified atom stereocenters. The van der Waals surface area contributed by atoms with Crippen molar-refractivity contribution in [3.8, 4) is 0 Å². The second kappa shape index (κ2) is 6.98. The number of thioether (sulfide) groups is 1. The molecule has 17 heavy (non-hydrogen) atoms. The molecule has 1 aliphatic heterocycles. The van der Waals surface area contributed by atoms with Gasteiger partial charge in [0.25, 0.3) is 0 Å². The van der Waals surface area contributed by atoms with Gasteiger partial charge in [-0.3, -0.25) is 4.90 Å². The molecule has 2 N–H and O–H groups in total. The molecule has 1 rings (SSSR count). The Morgan fingerprint density at radius 1 is 1.59 bits per heavy atom. The molecule has 4 heteroatoms. The van der Waals surface area contributed by atoms with E-state index in [-0.39, 0.29) is 5.54 Å². The van der Waals surface area contributed by atoms with Crippen molar-refractivity contribution in [1.29, 1.82) is 0 Å². The average molecular weight is 260 g/mol. The van der Waals surface area contributed by atoms with Crippen molar-refractivity contribution in [2.45, 2.75) is 38.3 Å². The number of nitrogens with zero attached hydrogens (tertiary/aromatic N) is 1. The Morgan fingerprint density at radius 2 is 2.29 bits per heavy atom. The van der Waals surface area contributed by atoms with E-state index in [1.54, 1.807) is 0 Å². The van der Waals surface area contributed by atoms with E-state index in [1.807, 2.05) is 11.8 Å². The van der Waals surface area contributed by atoms with Crippen LogP contribution in [0.1, 0.15) is 26.7 Å². The van der Waals surface area contributed by atoms with Gasteiger partial charge in [0, 0.05) is 36.4 Å². The molecule has 0 radical (unpaired) electrons. The largest absolute Gasteiger partial charge is 0.381 e. The zero-order valence-electron chi connectivity index (χ0n) is 11.7. The fourth-order valence-electron chi connectivity index (χ4n) is 2.74. The smallest absolute Gasteiger partial charge is 0.0513 e. The van der Waals surface area contributed by atoms with E-state index in [2.05, 4.69) is 32.1 Å². The fourth-order valence-corrected chi connectivity index (χ4v) is 3.58. The maximum atomic E-state index is 6.07. The Morgan fingerprint density at radius 3 is 2.71 bits per heavy atom. The van der Waals surface area contributed by atoms with E-state index in [4.69, 9.17) is 10.5 Å². The van der Waals surface area contributed by atoms with Gasteiger partial charge < -0.3 is 10.5 Å². The molecule has 1 saturated heterocycles. The first-order valence-electron chi connectivity index (χ1n) is 6.59. The van der Waals surface area contributed by atoms with Crippen molar-refractivity contribution in [2.75, 3.05) is 38.8 Å². The second-order valence-corrected chi connectivity index (χ2v) is 6.16. The zero-order chi connectivity index (χ0) is 12.9. The van der Waals surface area contributed by atoms with Gasteiger partial charge in [-0.25, -0.2) is 0 Å². The summed E-state index contributed by atoms with van der Waals surface area (Å²) in [6, 6.07) is 0.610. The van der Waals surface area contributed by atoms with Crippen LogP contribution in [0.5, 0.6) is 0 Å². The highest BCUT2D eigenvalue weighted by Crippen LogP contribution is 2.32. The molecular formula is C13H28N2OS. The Hall–Kier alpha value is 0.230. The van der Waals surface area contributed by atoms with Gasteiger partial charge in [-0.05, 0) is 33.1 Å². The van der Waals surface area contributed by atoms with E-state index < -0.39 is 0 Å². The van der Waals surface area contributed by atoms with Crippen LogP contribution in [0.25, 0.3) is 0 Å². The third-order valence-electron chi connectivity index (χ3n) is 4.41. The number of hydrogen-bond acceptors (Lipinski definition) is 4. The van der Waals surface area contributed by atoms with Crippen LogP contribution in [0.3, 0.4) is 0 Å². The minimum Gasteiger partial charge on any atom is -0.381 e. The van der Waals surface area contributed by atoms with Crippen molar-refractivity contribution in [3.63, 3.8) is 0 Å². The molecule has 3 atom stereocenters. The molecule has 0 aromatic carbocycles. The highest BCUT2D eigenvalue weighted by Gasteiger charge is 2.40. The van der Waals surface area contributed by atoms with E-state index in [1.165, 1.54) is 12.2 Å². The van der Waals surface area contributed by atoms with Crippen molar-refractivity contribution < 1.29 is 4.74 Å². The summed E-state index contributed by atoms with van der Waals surface area (Å²) < 4.78 is 5.54.